The van der Waals surface area contributed by atoms with Gasteiger partial charge in [0.1, 0.15) is 0 Å². The van der Waals surface area contributed by atoms with E-state index in [-0.39, 0.29) is 0 Å². The van der Waals surface area contributed by atoms with Crippen LogP contribution in [0.4, 0.5) is 0 Å². The van der Waals surface area contributed by atoms with Gasteiger partial charge in [0.15, 0.2) is 0 Å². The van der Waals surface area contributed by atoms with E-state index in [4.69, 9.17) is 0 Å². The Morgan fingerprint density at radius 3 is 2.47 bits per heavy atom. The highest BCUT2D eigenvalue weighted by Gasteiger charge is 2.41. The fraction of sp³-hybridized carbons (Fsp3) is 1.00. The summed E-state index contributed by atoms with van der Waals surface area (Å²) in [5, 5.41) is 4.07. The Morgan fingerprint density at radius 1 is 0.895 bits per heavy atom. The van der Waals surface area contributed by atoms with E-state index >= 15 is 0 Å². The highest BCUT2D eigenvalue weighted by molar-refractivity contribution is 5.00. The van der Waals surface area contributed by atoms with Gasteiger partial charge in [0, 0.05) is 36.8 Å². The molecule has 0 aromatic rings. The quantitative estimate of drug-likeness (QED) is 0.820. The van der Waals surface area contributed by atoms with Crippen molar-refractivity contribution in [3.63, 3.8) is 0 Å². The number of rotatable bonds is 2. The molecule has 4 aliphatic rings. The van der Waals surface area contributed by atoms with Crippen molar-refractivity contribution < 1.29 is 0 Å². The molecule has 4 saturated heterocycles. The molecule has 0 amide bonds. The van der Waals surface area contributed by atoms with Crippen LogP contribution in [0.2, 0.25) is 0 Å². The maximum atomic E-state index is 4.07. The molecular weight excluding hydrogens is 234 g/mol. The molecular formula is C16H29N3. The van der Waals surface area contributed by atoms with E-state index in [1.165, 1.54) is 64.5 Å². The summed E-state index contributed by atoms with van der Waals surface area (Å²) in [5.41, 5.74) is 0. The lowest BCUT2D eigenvalue weighted by molar-refractivity contribution is 0.0448. The first-order valence-corrected chi connectivity index (χ1v) is 8.53. The summed E-state index contributed by atoms with van der Waals surface area (Å²) in [6, 6.07) is 4.21. The van der Waals surface area contributed by atoms with E-state index in [0.717, 1.165) is 30.2 Å². The van der Waals surface area contributed by atoms with Gasteiger partial charge in [0.25, 0.3) is 0 Å². The fourth-order valence-corrected chi connectivity index (χ4v) is 5.33. The van der Waals surface area contributed by atoms with Crippen LogP contribution in [0.5, 0.6) is 0 Å². The molecule has 0 radical (unpaired) electrons. The molecule has 4 aliphatic heterocycles. The van der Waals surface area contributed by atoms with Gasteiger partial charge in [0.2, 0.25) is 0 Å². The van der Waals surface area contributed by atoms with Crippen LogP contribution in [0, 0.1) is 0 Å². The van der Waals surface area contributed by atoms with Crippen molar-refractivity contribution in [1.82, 2.24) is 15.1 Å². The molecule has 19 heavy (non-hydrogen) atoms. The predicted octanol–water partition coefficient (Wildman–Crippen LogP) is 1.83. The minimum Gasteiger partial charge on any atom is -0.310 e. The van der Waals surface area contributed by atoms with Gasteiger partial charge in [-0.15, -0.1) is 0 Å². The average Bonchev–Trinajstić information content (AvgIpc) is 2.95. The summed E-state index contributed by atoms with van der Waals surface area (Å²) in [5.74, 6) is 0. The highest BCUT2D eigenvalue weighted by atomic mass is 15.3. The average molecular weight is 263 g/mol. The van der Waals surface area contributed by atoms with Gasteiger partial charge in [-0.2, -0.15) is 0 Å². The summed E-state index contributed by atoms with van der Waals surface area (Å²) in [6.07, 6.45) is 11.4. The topological polar surface area (TPSA) is 18.5 Å². The maximum absolute atomic E-state index is 4.07. The third-order valence-corrected chi connectivity index (χ3v) is 6.40. The molecule has 108 valence electrons. The zero-order valence-corrected chi connectivity index (χ0v) is 12.4. The second-order valence-electron chi connectivity index (χ2n) is 7.38. The summed E-state index contributed by atoms with van der Waals surface area (Å²) in [4.78, 5) is 5.41. The second-order valence-corrected chi connectivity index (χ2v) is 7.38. The van der Waals surface area contributed by atoms with Gasteiger partial charge >= 0.3 is 0 Å². The molecule has 0 aromatic heterocycles. The van der Waals surface area contributed by atoms with Crippen molar-refractivity contribution in [2.75, 3.05) is 20.1 Å². The van der Waals surface area contributed by atoms with Crippen molar-refractivity contribution in [2.24, 2.45) is 0 Å². The van der Waals surface area contributed by atoms with Crippen LogP contribution in [0.3, 0.4) is 0 Å². The molecule has 4 unspecified atom stereocenters. The van der Waals surface area contributed by atoms with Crippen molar-refractivity contribution in [3.8, 4) is 0 Å². The van der Waals surface area contributed by atoms with E-state index in [1.54, 1.807) is 0 Å². The predicted molar refractivity (Wildman–Crippen MR) is 78.3 cm³/mol. The number of nitrogens with one attached hydrogen (secondary N) is 1. The van der Waals surface area contributed by atoms with E-state index in [1.807, 2.05) is 0 Å². The molecule has 0 spiro atoms. The normalized spacial score (nSPS) is 47.5. The highest BCUT2D eigenvalue weighted by Crippen LogP contribution is 2.34. The maximum Gasteiger partial charge on any atom is 0.0250 e. The van der Waals surface area contributed by atoms with E-state index in [9.17, 15) is 0 Å². The Hall–Kier alpha value is -0.120. The van der Waals surface area contributed by atoms with Crippen LogP contribution in [0.1, 0.15) is 51.4 Å². The number of fused-ring (bicyclic) bond motifs is 3. The zero-order valence-electron chi connectivity index (χ0n) is 12.4. The van der Waals surface area contributed by atoms with Crippen LogP contribution in [-0.4, -0.2) is 60.1 Å². The Labute approximate surface area is 117 Å². The lowest BCUT2D eigenvalue weighted by Gasteiger charge is -2.48. The summed E-state index contributed by atoms with van der Waals surface area (Å²) >= 11 is 0. The van der Waals surface area contributed by atoms with Gasteiger partial charge in [-0.05, 0) is 58.5 Å². The zero-order chi connectivity index (χ0) is 12.8. The van der Waals surface area contributed by atoms with Gasteiger partial charge in [-0.3, -0.25) is 4.90 Å². The van der Waals surface area contributed by atoms with Gasteiger partial charge in [0.05, 0.1) is 0 Å². The number of piperidine rings is 2. The van der Waals surface area contributed by atoms with Gasteiger partial charge in [-0.1, -0.05) is 6.42 Å². The van der Waals surface area contributed by atoms with Gasteiger partial charge < -0.3 is 10.2 Å². The SMILES string of the molecule is CN1C2CCCC1CC(NC1CCN3CCCC13)C2. The summed E-state index contributed by atoms with van der Waals surface area (Å²) < 4.78 is 0. The Bertz CT molecular complexity index is 318. The first-order chi connectivity index (χ1) is 9.31. The molecule has 0 aromatic carbocycles. The first-order valence-electron chi connectivity index (χ1n) is 8.53. The molecule has 4 fully saturated rings. The molecule has 4 rings (SSSR count). The molecule has 2 bridgehead atoms. The standard InChI is InChI=1S/C16H29N3/c1-18-13-4-2-5-14(18)11-12(10-13)17-15-7-9-19-8-3-6-16(15)19/h12-17H,2-11H2,1H3. The number of hydrogen-bond acceptors (Lipinski definition) is 3. The fourth-order valence-electron chi connectivity index (χ4n) is 5.33. The van der Waals surface area contributed by atoms with Crippen molar-refractivity contribution >= 4 is 0 Å². The number of hydrogen-bond donors (Lipinski definition) is 1. The molecule has 1 N–H and O–H groups in total. The van der Waals surface area contributed by atoms with E-state index in [2.05, 4.69) is 22.2 Å². The largest absolute Gasteiger partial charge is 0.310 e. The first kappa shape index (κ1) is 12.6. The minimum absolute atomic E-state index is 0.802. The molecule has 4 heterocycles. The Kier molecular flexibility index (Phi) is 3.33. The van der Waals surface area contributed by atoms with Crippen LogP contribution < -0.4 is 5.32 Å². The van der Waals surface area contributed by atoms with Gasteiger partial charge in [-0.25, -0.2) is 0 Å². The Morgan fingerprint density at radius 2 is 1.68 bits per heavy atom. The number of nitrogens with zero attached hydrogens (tertiary/aromatic N) is 2. The third kappa shape index (κ3) is 2.24. The van der Waals surface area contributed by atoms with Crippen LogP contribution in [0.25, 0.3) is 0 Å². The van der Waals surface area contributed by atoms with Crippen molar-refractivity contribution in [3.05, 3.63) is 0 Å². The third-order valence-electron chi connectivity index (χ3n) is 6.40. The second kappa shape index (κ2) is 5.01. The minimum atomic E-state index is 0.802. The molecule has 3 nitrogen and oxygen atoms in total. The van der Waals surface area contributed by atoms with Crippen LogP contribution in [0.15, 0.2) is 0 Å². The lowest BCUT2D eigenvalue weighted by atomic mass is 9.82. The Balaban J connectivity index is 1.38. The summed E-state index contributed by atoms with van der Waals surface area (Å²) in [7, 11) is 2.36. The van der Waals surface area contributed by atoms with E-state index in [0.29, 0.717) is 0 Å². The summed E-state index contributed by atoms with van der Waals surface area (Å²) in [6.45, 7) is 2.71. The van der Waals surface area contributed by atoms with E-state index < -0.39 is 0 Å². The van der Waals surface area contributed by atoms with Crippen molar-refractivity contribution in [2.45, 2.75) is 81.6 Å². The molecule has 3 heteroatoms. The molecule has 0 aliphatic carbocycles. The van der Waals surface area contributed by atoms with Crippen LogP contribution >= 0.6 is 0 Å². The molecule has 0 saturated carbocycles. The van der Waals surface area contributed by atoms with Crippen LogP contribution in [-0.2, 0) is 0 Å². The molecule has 4 atom stereocenters. The monoisotopic (exact) mass is 263 g/mol. The smallest absolute Gasteiger partial charge is 0.0250 e. The lowest BCUT2D eigenvalue weighted by Crippen LogP contribution is -2.56. The van der Waals surface area contributed by atoms with Crippen molar-refractivity contribution in [1.29, 1.82) is 0 Å².